The molecular weight excluding hydrogens is 294 g/mol. The second-order valence-electron chi connectivity index (χ2n) is 7.10. The Kier molecular flexibility index (Phi) is 3.50. The summed E-state index contributed by atoms with van der Waals surface area (Å²) in [6, 6.07) is 0.241. The molecule has 4 rings (SSSR count). The van der Waals surface area contributed by atoms with E-state index in [9.17, 15) is 5.11 Å². The van der Waals surface area contributed by atoms with Crippen LogP contribution in [-0.2, 0) is 12.1 Å². The quantitative estimate of drug-likeness (QED) is 0.906. The van der Waals surface area contributed by atoms with Gasteiger partial charge in [-0.05, 0) is 33.1 Å². The van der Waals surface area contributed by atoms with Crippen molar-refractivity contribution < 1.29 is 9.52 Å². The van der Waals surface area contributed by atoms with Crippen LogP contribution in [0.2, 0.25) is 0 Å². The highest BCUT2D eigenvalue weighted by molar-refractivity contribution is 5.12. The molecule has 124 valence electrons. The first kappa shape index (κ1) is 14.8. The van der Waals surface area contributed by atoms with E-state index in [1.54, 1.807) is 4.68 Å². The van der Waals surface area contributed by atoms with E-state index in [2.05, 4.69) is 20.2 Å². The third-order valence-corrected chi connectivity index (χ3v) is 4.75. The van der Waals surface area contributed by atoms with Gasteiger partial charge in [-0.1, -0.05) is 5.21 Å². The molecule has 1 saturated heterocycles. The van der Waals surface area contributed by atoms with E-state index in [0.29, 0.717) is 31.1 Å². The summed E-state index contributed by atoms with van der Waals surface area (Å²) in [6.45, 7) is 6.05. The minimum absolute atomic E-state index is 0.241. The summed E-state index contributed by atoms with van der Waals surface area (Å²) in [5.74, 6) is 2.33. The number of oxazole rings is 1. The van der Waals surface area contributed by atoms with E-state index >= 15 is 0 Å². The Morgan fingerprint density at radius 3 is 2.96 bits per heavy atom. The van der Waals surface area contributed by atoms with Crippen molar-refractivity contribution in [3.63, 3.8) is 0 Å². The molecule has 0 bridgehead atoms. The van der Waals surface area contributed by atoms with Crippen LogP contribution in [0.3, 0.4) is 0 Å². The van der Waals surface area contributed by atoms with E-state index in [4.69, 9.17) is 4.42 Å². The van der Waals surface area contributed by atoms with Gasteiger partial charge in [0, 0.05) is 25.0 Å². The van der Waals surface area contributed by atoms with Crippen molar-refractivity contribution >= 4 is 0 Å². The maximum Gasteiger partial charge on any atom is 0.208 e. The average molecular weight is 317 g/mol. The van der Waals surface area contributed by atoms with Crippen LogP contribution in [-0.4, -0.2) is 43.1 Å². The van der Waals surface area contributed by atoms with Gasteiger partial charge >= 0.3 is 0 Å². The summed E-state index contributed by atoms with van der Waals surface area (Å²) < 4.78 is 7.60. The molecule has 7 nitrogen and oxygen atoms in total. The fraction of sp³-hybridized carbons (Fsp3) is 0.688. The van der Waals surface area contributed by atoms with Crippen molar-refractivity contribution in [3.8, 4) is 0 Å². The number of likely N-dealkylation sites (tertiary alicyclic amines) is 1. The van der Waals surface area contributed by atoms with Gasteiger partial charge in [0.15, 0.2) is 0 Å². The van der Waals surface area contributed by atoms with Crippen LogP contribution in [0, 0.1) is 0 Å². The van der Waals surface area contributed by atoms with Gasteiger partial charge in [-0.25, -0.2) is 9.67 Å². The van der Waals surface area contributed by atoms with Crippen molar-refractivity contribution in [2.24, 2.45) is 0 Å². The SMILES string of the molecule is CC(C)n1cc([C@]2(O)CCN(Cc3ncc(C4CC4)o3)C2)nn1. The van der Waals surface area contributed by atoms with Crippen LogP contribution < -0.4 is 0 Å². The van der Waals surface area contributed by atoms with Gasteiger partial charge in [-0.3, -0.25) is 4.90 Å². The van der Waals surface area contributed by atoms with Gasteiger partial charge in [-0.15, -0.1) is 5.10 Å². The van der Waals surface area contributed by atoms with Crippen LogP contribution in [0.4, 0.5) is 0 Å². The number of aromatic nitrogens is 4. The Morgan fingerprint density at radius 1 is 1.43 bits per heavy atom. The van der Waals surface area contributed by atoms with E-state index in [0.717, 1.165) is 18.2 Å². The number of β-amino-alcohol motifs (C(OH)–C–C–N with tert-alkyl or cyclic N) is 1. The molecule has 2 fully saturated rings. The largest absolute Gasteiger partial charge is 0.444 e. The minimum atomic E-state index is -0.931. The lowest BCUT2D eigenvalue weighted by atomic mass is 10.00. The number of hydrogen-bond acceptors (Lipinski definition) is 6. The summed E-state index contributed by atoms with van der Waals surface area (Å²) in [6.07, 6.45) is 6.78. The first-order chi connectivity index (χ1) is 11.0. The Morgan fingerprint density at radius 2 is 2.26 bits per heavy atom. The van der Waals surface area contributed by atoms with E-state index < -0.39 is 5.60 Å². The maximum absolute atomic E-state index is 10.9. The van der Waals surface area contributed by atoms with E-state index in [1.165, 1.54) is 12.8 Å². The van der Waals surface area contributed by atoms with Crippen molar-refractivity contribution in [1.82, 2.24) is 24.9 Å². The van der Waals surface area contributed by atoms with Crippen LogP contribution >= 0.6 is 0 Å². The molecule has 1 saturated carbocycles. The Balaban J connectivity index is 1.42. The first-order valence-corrected chi connectivity index (χ1v) is 8.35. The fourth-order valence-corrected chi connectivity index (χ4v) is 3.10. The van der Waals surface area contributed by atoms with Crippen molar-refractivity contribution in [1.29, 1.82) is 0 Å². The predicted molar refractivity (Wildman–Crippen MR) is 82.7 cm³/mol. The normalized spacial score (nSPS) is 25.6. The zero-order valence-electron chi connectivity index (χ0n) is 13.6. The molecule has 23 heavy (non-hydrogen) atoms. The van der Waals surface area contributed by atoms with Crippen molar-refractivity contribution in [2.45, 2.75) is 57.2 Å². The lowest BCUT2D eigenvalue weighted by molar-refractivity contribution is 0.0399. The molecular formula is C16H23N5O2. The maximum atomic E-state index is 10.9. The molecule has 2 aromatic rings. The molecule has 2 aromatic heterocycles. The van der Waals surface area contributed by atoms with Crippen LogP contribution in [0.25, 0.3) is 0 Å². The highest BCUT2D eigenvalue weighted by Crippen LogP contribution is 2.40. The number of rotatable bonds is 5. The van der Waals surface area contributed by atoms with Crippen molar-refractivity contribution in [2.75, 3.05) is 13.1 Å². The molecule has 3 heterocycles. The summed E-state index contributed by atoms with van der Waals surface area (Å²) in [4.78, 5) is 6.53. The molecule has 0 aromatic carbocycles. The van der Waals surface area contributed by atoms with Crippen molar-refractivity contribution in [3.05, 3.63) is 29.7 Å². The Hall–Kier alpha value is -1.73. The molecule has 1 aliphatic carbocycles. The van der Waals surface area contributed by atoms with Gasteiger partial charge in [0.1, 0.15) is 17.1 Å². The van der Waals surface area contributed by atoms with E-state index in [1.807, 2.05) is 26.2 Å². The molecule has 0 amide bonds. The predicted octanol–water partition coefficient (Wildman–Crippen LogP) is 1.82. The Labute approximate surface area is 135 Å². The molecule has 1 atom stereocenters. The Bertz CT molecular complexity index is 690. The molecule has 0 unspecified atom stereocenters. The highest BCUT2D eigenvalue weighted by Gasteiger charge is 2.40. The van der Waals surface area contributed by atoms with Gasteiger partial charge in [-0.2, -0.15) is 0 Å². The number of nitrogens with zero attached hydrogens (tertiary/aromatic N) is 5. The molecule has 1 aliphatic heterocycles. The molecule has 0 radical (unpaired) electrons. The van der Waals surface area contributed by atoms with Gasteiger partial charge in [0.25, 0.3) is 0 Å². The summed E-state index contributed by atoms with van der Waals surface area (Å²) in [7, 11) is 0. The topological polar surface area (TPSA) is 80.2 Å². The lowest BCUT2D eigenvalue weighted by Crippen LogP contribution is -2.31. The third kappa shape index (κ3) is 2.90. The molecule has 0 spiro atoms. The monoisotopic (exact) mass is 317 g/mol. The third-order valence-electron chi connectivity index (χ3n) is 4.75. The van der Waals surface area contributed by atoms with Crippen LogP contribution in [0.15, 0.2) is 16.8 Å². The minimum Gasteiger partial charge on any atom is -0.444 e. The zero-order valence-corrected chi connectivity index (χ0v) is 13.6. The summed E-state index contributed by atoms with van der Waals surface area (Å²) in [5.41, 5.74) is -0.279. The highest BCUT2D eigenvalue weighted by atomic mass is 16.4. The lowest BCUT2D eigenvalue weighted by Gasteiger charge is -2.20. The second-order valence-corrected chi connectivity index (χ2v) is 7.10. The molecule has 7 heteroatoms. The van der Waals surface area contributed by atoms with Gasteiger partial charge in [0.05, 0.1) is 18.9 Å². The fourth-order valence-electron chi connectivity index (χ4n) is 3.10. The van der Waals surface area contributed by atoms with Crippen LogP contribution in [0.1, 0.15) is 62.4 Å². The molecule has 2 aliphatic rings. The smallest absolute Gasteiger partial charge is 0.208 e. The number of hydrogen-bond donors (Lipinski definition) is 1. The summed E-state index contributed by atoms with van der Waals surface area (Å²) >= 11 is 0. The number of aliphatic hydroxyl groups is 1. The van der Waals surface area contributed by atoms with Gasteiger partial charge in [0.2, 0.25) is 5.89 Å². The standard InChI is InChI=1S/C16H23N5O2/c1-11(2)21-8-14(18-19-21)16(22)5-6-20(10-16)9-15-17-7-13(23-15)12-3-4-12/h7-8,11-12,22H,3-6,9-10H2,1-2H3/t16-/m0/s1. The average Bonchev–Trinajstić information content (AvgIpc) is 2.93. The van der Waals surface area contributed by atoms with E-state index in [-0.39, 0.29) is 6.04 Å². The summed E-state index contributed by atoms with van der Waals surface area (Å²) in [5, 5.41) is 19.2. The first-order valence-electron chi connectivity index (χ1n) is 8.35. The van der Waals surface area contributed by atoms with Gasteiger partial charge < -0.3 is 9.52 Å². The van der Waals surface area contributed by atoms with Crippen LogP contribution in [0.5, 0.6) is 0 Å². The zero-order chi connectivity index (χ0) is 16.0. The molecule has 1 N–H and O–H groups in total. The second kappa shape index (κ2) is 5.42.